The van der Waals surface area contributed by atoms with Crippen LogP contribution in [0.1, 0.15) is 36.7 Å². The maximum absolute atomic E-state index is 12.2. The number of hydrogen-bond acceptors (Lipinski definition) is 3. The van der Waals surface area contributed by atoms with E-state index in [9.17, 15) is 13.2 Å². The van der Waals surface area contributed by atoms with Gasteiger partial charge in [-0.15, -0.1) is 0 Å². The number of rotatable bonds is 6. The second-order valence-electron chi connectivity index (χ2n) is 4.82. The van der Waals surface area contributed by atoms with E-state index >= 15 is 0 Å². The van der Waals surface area contributed by atoms with Crippen LogP contribution in [0.3, 0.4) is 0 Å². The molecule has 1 aliphatic rings. The first-order chi connectivity index (χ1) is 9.44. The molecule has 1 heterocycles. The largest absolute Gasteiger partial charge is 0.477 e. The molecule has 0 fully saturated rings. The molecule has 7 heteroatoms. The molecule has 2 N–H and O–H groups in total. The molecule has 20 heavy (non-hydrogen) atoms. The van der Waals surface area contributed by atoms with Crippen LogP contribution in [-0.2, 0) is 16.6 Å². The van der Waals surface area contributed by atoms with Crippen LogP contribution in [-0.4, -0.2) is 30.1 Å². The van der Waals surface area contributed by atoms with Gasteiger partial charge in [-0.25, -0.2) is 17.9 Å². The number of nitrogens with zero attached hydrogens (tertiary/aromatic N) is 1. The van der Waals surface area contributed by atoms with Crippen molar-refractivity contribution in [1.29, 1.82) is 0 Å². The number of nitrogens with one attached hydrogen (secondary N) is 1. The van der Waals surface area contributed by atoms with E-state index in [0.717, 1.165) is 6.42 Å². The molecule has 0 aromatic carbocycles. The Hall–Kier alpha value is -1.60. The minimum atomic E-state index is -3.67. The fourth-order valence-electron chi connectivity index (χ4n) is 2.24. The predicted octanol–water partition coefficient (Wildman–Crippen LogP) is 1.59. The highest BCUT2D eigenvalue weighted by Crippen LogP contribution is 2.18. The van der Waals surface area contributed by atoms with Crippen molar-refractivity contribution in [2.75, 3.05) is 0 Å². The van der Waals surface area contributed by atoms with Gasteiger partial charge >= 0.3 is 5.97 Å². The molecular weight excluding hydrogens is 280 g/mol. The fourth-order valence-corrected chi connectivity index (χ4v) is 3.54. The Kier molecular flexibility index (Phi) is 4.29. The number of sulfonamides is 1. The molecule has 0 bridgehead atoms. The number of hydrogen-bond donors (Lipinski definition) is 2. The molecule has 1 aromatic rings. The van der Waals surface area contributed by atoms with Gasteiger partial charge in [-0.2, -0.15) is 0 Å². The second kappa shape index (κ2) is 5.80. The number of aromatic carboxylic acids is 1. The third-order valence-corrected chi connectivity index (χ3v) is 4.68. The van der Waals surface area contributed by atoms with E-state index in [-0.39, 0.29) is 16.6 Å². The lowest BCUT2D eigenvalue weighted by Crippen LogP contribution is -2.32. The first-order valence-corrected chi connectivity index (χ1v) is 8.03. The minimum Gasteiger partial charge on any atom is -0.477 e. The summed E-state index contributed by atoms with van der Waals surface area (Å²) >= 11 is 0. The van der Waals surface area contributed by atoms with Gasteiger partial charge in [0.25, 0.3) is 0 Å². The highest BCUT2D eigenvalue weighted by molar-refractivity contribution is 7.89. The zero-order chi connectivity index (χ0) is 14.8. The zero-order valence-corrected chi connectivity index (χ0v) is 12.1. The van der Waals surface area contributed by atoms with E-state index in [1.54, 1.807) is 0 Å². The van der Waals surface area contributed by atoms with Gasteiger partial charge in [0.2, 0.25) is 10.0 Å². The molecule has 6 nitrogen and oxygen atoms in total. The summed E-state index contributed by atoms with van der Waals surface area (Å²) in [6.45, 7) is 2.38. The van der Waals surface area contributed by atoms with Gasteiger partial charge in [0.1, 0.15) is 10.6 Å². The quantitative estimate of drug-likeness (QED) is 0.781. The summed E-state index contributed by atoms with van der Waals surface area (Å²) in [5, 5.41) is 9.11. The Balaban J connectivity index is 2.26. The molecule has 0 radical (unpaired) electrons. The molecule has 0 aliphatic heterocycles. The summed E-state index contributed by atoms with van der Waals surface area (Å²) in [7, 11) is -3.67. The van der Waals surface area contributed by atoms with Gasteiger partial charge in [-0.3, -0.25) is 0 Å². The van der Waals surface area contributed by atoms with Crippen LogP contribution >= 0.6 is 0 Å². The number of carboxylic acids is 1. The van der Waals surface area contributed by atoms with Crippen molar-refractivity contribution < 1.29 is 18.3 Å². The average Bonchev–Trinajstić information content (AvgIpc) is 2.98. The summed E-state index contributed by atoms with van der Waals surface area (Å²) in [5.41, 5.74) is -0.00299. The smallest absolute Gasteiger partial charge is 0.352 e. The zero-order valence-electron chi connectivity index (χ0n) is 11.2. The third-order valence-electron chi connectivity index (χ3n) is 3.20. The molecule has 0 saturated heterocycles. The summed E-state index contributed by atoms with van der Waals surface area (Å²) in [4.78, 5) is 11.1. The highest BCUT2D eigenvalue weighted by Gasteiger charge is 2.24. The average molecular weight is 298 g/mol. The molecule has 0 spiro atoms. The molecule has 0 saturated carbocycles. The number of aromatic nitrogens is 1. The standard InChI is InChI=1S/C13H18N2O4S/c1-2-7-15-9-11(8-12(15)13(16)17)20(18,19)14-10-5-3-4-6-10/h3-4,8-10,14H,2,5-7H2,1H3,(H,16,17). The van der Waals surface area contributed by atoms with Gasteiger partial charge in [0.15, 0.2) is 0 Å². The first-order valence-electron chi connectivity index (χ1n) is 6.55. The van der Waals surface area contributed by atoms with E-state index < -0.39 is 16.0 Å². The fraction of sp³-hybridized carbons (Fsp3) is 0.462. The van der Waals surface area contributed by atoms with Crippen molar-refractivity contribution in [2.24, 2.45) is 0 Å². The maximum Gasteiger partial charge on any atom is 0.352 e. The molecular formula is C13H18N2O4S. The third kappa shape index (κ3) is 3.10. The molecule has 0 amide bonds. The molecule has 110 valence electrons. The second-order valence-corrected chi connectivity index (χ2v) is 6.53. The Bertz CT molecular complexity index is 623. The van der Waals surface area contributed by atoms with E-state index in [2.05, 4.69) is 4.72 Å². The SMILES string of the molecule is CCCn1cc(S(=O)(=O)NC2CC=CC2)cc1C(=O)O. The topological polar surface area (TPSA) is 88.4 Å². The minimum absolute atomic E-state index is 0.00299. The lowest BCUT2D eigenvalue weighted by molar-refractivity contribution is 0.0685. The van der Waals surface area contributed by atoms with Crippen molar-refractivity contribution in [3.05, 3.63) is 30.1 Å². The van der Waals surface area contributed by atoms with Gasteiger partial charge in [-0.05, 0) is 25.3 Å². The lowest BCUT2D eigenvalue weighted by Gasteiger charge is -2.11. The summed E-state index contributed by atoms with van der Waals surface area (Å²) in [6, 6.07) is 1.07. The number of carboxylic acid groups (broad SMARTS) is 1. The van der Waals surface area contributed by atoms with Crippen LogP contribution in [0.4, 0.5) is 0 Å². The van der Waals surface area contributed by atoms with E-state index in [1.807, 2.05) is 19.1 Å². The Labute approximate surface area is 118 Å². The highest BCUT2D eigenvalue weighted by atomic mass is 32.2. The van der Waals surface area contributed by atoms with Crippen molar-refractivity contribution in [2.45, 2.75) is 43.7 Å². The molecule has 2 rings (SSSR count). The Morgan fingerprint density at radius 2 is 2.10 bits per heavy atom. The lowest BCUT2D eigenvalue weighted by atomic mass is 10.3. The van der Waals surface area contributed by atoms with Crippen molar-refractivity contribution in [3.8, 4) is 0 Å². The summed E-state index contributed by atoms with van der Waals surface area (Å²) < 4.78 is 28.5. The predicted molar refractivity (Wildman–Crippen MR) is 74.2 cm³/mol. The van der Waals surface area contributed by atoms with Gasteiger partial charge in [-0.1, -0.05) is 19.1 Å². The van der Waals surface area contributed by atoms with Crippen LogP contribution < -0.4 is 4.72 Å². The number of aryl methyl sites for hydroxylation is 1. The number of carbonyl (C=O) groups is 1. The first kappa shape index (κ1) is 14.8. The van der Waals surface area contributed by atoms with Crippen LogP contribution in [0, 0.1) is 0 Å². The van der Waals surface area contributed by atoms with Gasteiger partial charge < -0.3 is 9.67 Å². The van der Waals surface area contributed by atoms with Gasteiger partial charge in [0.05, 0.1) is 0 Å². The van der Waals surface area contributed by atoms with Crippen molar-refractivity contribution >= 4 is 16.0 Å². The van der Waals surface area contributed by atoms with Crippen LogP contribution in [0.2, 0.25) is 0 Å². The maximum atomic E-state index is 12.2. The molecule has 1 aliphatic carbocycles. The molecule has 0 atom stereocenters. The van der Waals surface area contributed by atoms with Crippen LogP contribution in [0.5, 0.6) is 0 Å². The normalized spacial score (nSPS) is 15.8. The van der Waals surface area contributed by atoms with E-state index in [0.29, 0.717) is 19.4 Å². The Morgan fingerprint density at radius 1 is 1.45 bits per heavy atom. The van der Waals surface area contributed by atoms with E-state index in [4.69, 9.17) is 5.11 Å². The molecule has 0 unspecified atom stereocenters. The molecule has 1 aromatic heterocycles. The monoisotopic (exact) mass is 298 g/mol. The van der Waals surface area contributed by atoms with Crippen molar-refractivity contribution in [1.82, 2.24) is 9.29 Å². The summed E-state index contributed by atoms with van der Waals surface area (Å²) in [5.74, 6) is -1.12. The van der Waals surface area contributed by atoms with Gasteiger partial charge in [0, 0.05) is 18.8 Å². The van der Waals surface area contributed by atoms with Crippen molar-refractivity contribution in [3.63, 3.8) is 0 Å². The Morgan fingerprint density at radius 3 is 2.65 bits per heavy atom. The van der Waals surface area contributed by atoms with Crippen LogP contribution in [0.25, 0.3) is 0 Å². The summed E-state index contributed by atoms with van der Waals surface area (Å²) in [6.07, 6.45) is 7.31. The van der Waals surface area contributed by atoms with Crippen LogP contribution in [0.15, 0.2) is 29.3 Å². The van der Waals surface area contributed by atoms with E-state index in [1.165, 1.54) is 16.8 Å².